The molecule has 0 bridgehead atoms. The van der Waals surface area contributed by atoms with Crippen LogP contribution in [0, 0.1) is 0 Å². The first-order chi connectivity index (χ1) is 5.54. The second-order valence-corrected chi connectivity index (χ2v) is 1.61. The highest BCUT2D eigenvalue weighted by Crippen LogP contribution is 2.00. The van der Waals surface area contributed by atoms with Crippen molar-refractivity contribution in [1.29, 1.82) is 0 Å². The van der Waals surface area contributed by atoms with Crippen LogP contribution in [-0.4, -0.2) is 32.3 Å². The van der Waals surface area contributed by atoms with E-state index in [0.29, 0.717) is 0 Å². The van der Waals surface area contributed by atoms with E-state index < -0.39 is 24.5 Å². The number of esters is 2. The highest BCUT2D eigenvalue weighted by atomic mass is 19.1. The summed E-state index contributed by atoms with van der Waals surface area (Å²) in [7, 11) is 1.98. The molecule has 0 aliphatic rings. The predicted molar refractivity (Wildman–Crippen MR) is 33.5 cm³/mol. The Morgan fingerprint density at radius 2 is 2.09 bits per heavy atom. The van der Waals surface area contributed by atoms with Gasteiger partial charge in [-0.05, 0) is 0 Å². The Hall–Kier alpha value is -1.13. The minimum atomic E-state index is -2.29. The average Bonchev–Trinajstić information content (AvgIpc) is 2.12. The molecule has 0 heterocycles. The molecule has 0 rings (SSSR count). The fourth-order valence-corrected chi connectivity index (χ4v) is 0.368. The molecule has 0 N–H and O–H groups in total. The van der Waals surface area contributed by atoms with E-state index in [-0.39, 0.29) is 0 Å². The maximum absolute atomic E-state index is 12.7. The molecule has 0 aliphatic carbocycles. The van der Waals surface area contributed by atoms with Gasteiger partial charge in [0.25, 0.3) is 0 Å². The lowest BCUT2D eigenvalue weighted by Crippen LogP contribution is -2.21. The number of ether oxygens (including phenoxy) is 2. The Bertz CT molecular complexity index is 164. The Morgan fingerprint density at radius 1 is 1.55 bits per heavy atom. The first-order valence-corrected chi connectivity index (χ1v) is 2.76. The summed E-state index contributed by atoms with van der Waals surface area (Å²) in [6, 6.07) is 0. The summed E-state index contributed by atoms with van der Waals surface area (Å²) in [4.78, 5) is 21.0. The summed E-state index contributed by atoms with van der Waals surface area (Å²) in [6.45, 7) is 0. The smallest absolute Gasteiger partial charge is 0.341 e. The molecular formula is C6H9FO4. The molecule has 5 heteroatoms. The quantitative estimate of drug-likeness (QED) is 0.555. The van der Waals surface area contributed by atoms with Gasteiger partial charge in [0.2, 0.25) is 6.17 Å². The van der Waals surface area contributed by atoms with Crippen molar-refractivity contribution in [3.63, 3.8) is 0 Å². The van der Waals surface area contributed by atoms with E-state index in [1.165, 1.54) is 0 Å². The molecule has 0 aromatic rings. The van der Waals surface area contributed by atoms with Crippen LogP contribution in [0.25, 0.3) is 0 Å². The summed E-state index contributed by atoms with van der Waals surface area (Å²) in [5.41, 5.74) is 0. The van der Waals surface area contributed by atoms with E-state index in [2.05, 4.69) is 9.47 Å². The molecule has 11 heavy (non-hydrogen) atoms. The fraction of sp³-hybridized carbons (Fsp3) is 0.667. The minimum absolute atomic E-state index is 0.971. The van der Waals surface area contributed by atoms with Crippen molar-refractivity contribution < 1.29 is 24.8 Å². The molecule has 64 valence electrons. The van der Waals surface area contributed by atoms with Crippen LogP contribution < -0.4 is 0 Å². The number of carbonyl (C=O) groups is 2. The molecule has 0 aromatic carbocycles. The highest BCUT2D eigenvalue weighted by molar-refractivity contribution is 5.81. The number of alkyl halides is 1. The van der Waals surface area contributed by atoms with Crippen molar-refractivity contribution >= 4 is 11.9 Å². The number of halogens is 1. The average molecular weight is 165 g/mol. The lowest BCUT2D eigenvalue weighted by Gasteiger charge is -2.02. The zero-order valence-corrected chi connectivity index (χ0v) is 6.17. The van der Waals surface area contributed by atoms with Gasteiger partial charge in [-0.1, -0.05) is 0 Å². The molecule has 0 aliphatic heterocycles. The maximum atomic E-state index is 12.7. The van der Waals surface area contributed by atoms with E-state index in [4.69, 9.17) is 1.37 Å². The topological polar surface area (TPSA) is 52.6 Å². The Labute approximate surface area is 64.7 Å². The van der Waals surface area contributed by atoms with E-state index in [1.807, 2.05) is 0 Å². The number of hydrogen-bond acceptors (Lipinski definition) is 4. The molecular weight excluding hydrogens is 155 g/mol. The molecule has 0 unspecified atom stereocenters. The van der Waals surface area contributed by atoms with Crippen LogP contribution >= 0.6 is 0 Å². The Balaban J connectivity index is 4.18. The highest BCUT2D eigenvalue weighted by Gasteiger charge is 2.21. The van der Waals surface area contributed by atoms with Crippen molar-refractivity contribution in [2.45, 2.75) is 12.6 Å². The standard InChI is InChI=1S/C6H9FO4/c1-10-5(8)3-4(7)6(9)11-2/h4H,3H2,1-2H3/t4-/m1/s1/i3D/t3-,4+/m0. The molecule has 0 amide bonds. The van der Waals surface area contributed by atoms with Crippen LogP contribution in [-0.2, 0) is 19.1 Å². The van der Waals surface area contributed by atoms with Gasteiger partial charge in [-0.25, -0.2) is 9.18 Å². The van der Waals surface area contributed by atoms with Gasteiger partial charge in [0.15, 0.2) is 0 Å². The van der Waals surface area contributed by atoms with Gasteiger partial charge in [0.05, 0.1) is 20.6 Å². The fourth-order valence-electron chi connectivity index (χ4n) is 0.368. The van der Waals surface area contributed by atoms with E-state index in [1.54, 1.807) is 0 Å². The van der Waals surface area contributed by atoms with Crippen LogP contribution in [0.4, 0.5) is 4.39 Å². The second kappa shape index (κ2) is 4.65. The zero-order valence-electron chi connectivity index (χ0n) is 7.17. The van der Waals surface area contributed by atoms with Gasteiger partial charge < -0.3 is 9.47 Å². The van der Waals surface area contributed by atoms with Crippen molar-refractivity contribution in [2.24, 2.45) is 0 Å². The van der Waals surface area contributed by atoms with Crippen LogP contribution in [0.2, 0.25) is 0 Å². The molecule has 0 radical (unpaired) electrons. The van der Waals surface area contributed by atoms with Crippen LogP contribution in [0.3, 0.4) is 0 Å². The molecule has 0 saturated carbocycles. The predicted octanol–water partition coefficient (Wildman–Crippen LogP) is 0.0606. The van der Waals surface area contributed by atoms with Crippen molar-refractivity contribution in [3.8, 4) is 0 Å². The van der Waals surface area contributed by atoms with Gasteiger partial charge in [-0.15, -0.1) is 0 Å². The summed E-state index contributed by atoms with van der Waals surface area (Å²) in [5.74, 6) is -2.35. The minimum Gasteiger partial charge on any atom is -0.469 e. The monoisotopic (exact) mass is 165 g/mol. The first-order valence-electron chi connectivity index (χ1n) is 3.34. The Morgan fingerprint density at radius 3 is 2.45 bits per heavy atom. The molecule has 0 spiro atoms. The summed E-state index contributed by atoms with van der Waals surface area (Å²) in [6.07, 6.45) is -4.16. The number of methoxy groups -OCH3 is 2. The van der Waals surface area contributed by atoms with Crippen molar-refractivity contribution in [3.05, 3.63) is 0 Å². The van der Waals surface area contributed by atoms with Gasteiger partial charge in [0, 0.05) is 1.37 Å². The molecule has 0 saturated heterocycles. The number of hydrogen-bond donors (Lipinski definition) is 0. The van der Waals surface area contributed by atoms with Crippen LogP contribution in [0.5, 0.6) is 0 Å². The molecule has 0 fully saturated rings. The third-order valence-corrected chi connectivity index (χ3v) is 0.910. The van der Waals surface area contributed by atoms with Gasteiger partial charge in [0.1, 0.15) is 0 Å². The maximum Gasteiger partial charge on any atom is 0.341 e. The van der Waals surface area contributed by atoms with E-state index in [9.17, 15) is 14.0 Å². The summed E-state index contributed by atoms with van der Waals surface area (Å²) >= 11 is 0. The van der Waals surface area contributed by atoms with Crippen LogP contribution in [0.1, 0.15) is 7.77 Å². The van der Waals surface area contributed by atoms with E-state index in [0.717, 1.165) is 14.2 Å². The largest absolute Gasteiger partial charge is 0.469 e. The Kier molecular flexibility index (Phi) is 3.37. The first kappa shape index (κ1) is 7.97. The third kappa shape index (κ3) is 3.54. The van der Waals surface area contributed by atoms with Crippen molar-refractivity contribution in [2.75, 3.05) is 14.2 Å². The summed E-state index contributed by atoms with van der Waals surface area (Å²) < 4.78 is 27.6. The second-order valence-electron chi connectivity index (χ2n) is 1.61. The van der Waals surface area contributed by atoms with Crippen molar-refractivity contribution in [1.82, 2.24) is 0 Å². The van der Waals surface area contributed by atoms with Gasteiger partial charge >= 0.3 is 11.9 Å². The van der Waals surface area contributed by atoms with Gasteiger partial charge in [-0.2, -0.15) is 0 Å². The molecule has 2 atom stereocenters. The zero-order chi connectivity index (χ0) is 9.72. The summed E-state index contributed by atoms with van der Waals surface area (Å²) in [5, 5.41) is 0. The SMILES string of the molecule is [2H][C@H](C(=O)OC)[C@@H](F)C(=O)OC. The van der Waals surface area contributed by atoms with E-state index >= 15 is 0 Å². The molecule has 4 nitrogen and oxygen atoms in total. The third-order valence-electron chi connectivity index (χ3n) is 0.910. The normalized spacial score (nSPS) is 16.1. The number of carbonyl (C=O) groups excluding carboxylic acids is 2. The van der Waals surface area contributed by atoms with Gasteiger partial charge in [-0.3, -0.25) is 4.79 Å². The lowest BCUT2D eigenvalue weighted by molar-refractivity contribution is -0.152. The lowest BCUT2D eigenvalue weighted by atomic mass is 10.3. The number of rotatable bonds is 3. The van der Waals surface area contributed by atoms with Crippen LogP contribution in [0.15, 0.2) is 0 Å². The molecule has 0 aromatic heterocycles.